The minimum Gasteiger partial charge on any atom is -0.462 e. The molecule has 15 heavy (non-hydrogen) atoms. The zero-order valence-electron chi connectivity index (χ0n) is 9.88. The maximum atomic E-state index is 11.1. The molecule has 0 spiro atoms. The van der Waals surface area contributed by atoms with Gasteiger partial charge < -0.3 is 4.74 Å². The van der Waals surface area contributed by atoms with Crippen LogP contribution in [0.15, 0.2) is 23.3 Å². The van der Waals surface area contributed by atoms with E-state index in [9.17, 15) is 4.79 Å². The van der Waals surface area contributed by atoms with Gasteiger partial charge in [-0.25, -0.2) is 0 Å². The molecular formula is C13H20O2. The van der Waals surface area contributed by atoms with Crippen LogP contribution in [0.25, 0.3) is 0 Å². The molecule has 0 fully saturated rings. The van der Waals surface area contributed by atoms with Crippen molar-refractivity contribution < 1.29 is 9.53 Å². The van der Waals surface area contributed by atoms with E-state index >= 15 is 0 Å². The van der Waals surface area contributed by atoms with Gasteiger partial charge in [0.2, 0.25) is 0 Å². The number of carbonyl (C=O) groups excluding carboxylic acids is 1. The van der Waals surface area contributed by atoms with E-state index < -0.39 is 0 Å². The smallest absolute Gasteiger partial charge is 0.305 e. The van der Waals surface area contributed by atoms with Crippen LogP contribution in [0.3, 0.4) is 0 Å². The van der Waals surface area contributed by atoms with Crippen LogP contribution in [0.5, 0.6) is 0 Å². The van der Waals surface area contributed by atoms with Gasteiger partial charge in [0.05, 0.1) is 0 Å². The Morgan fingerprint density at radius 3 is 2.93 bits per heavy atom. The Morgan fingerprint density at radius 1 is 1.60 bits per heavy atom. The largest absolute Gasteiger partial charge is 0.462 e. The minimum absolute atomic E-state index is 0.00912. The fourth-order valence-electron chi connectivity index (χ4n) is 1.73. The normalized spacial score (nSPS) is 17.8. The van der Waals surface area contributed by atoms with Crippen molar-refractivity contribution in [3.05, 3.63) is 23.3 Å². The molecule has 0 heterocycles. The molecule has 0 saturated carbocycles. The molecule has 1 atom stereocenters. The summed E-state index contributed by atoms with van der Waals surface area (Å²) in [7, 11) is 0. The van der Waals surface area contributed by atoms with Gasteiger partial charge in [-0.3, -0.25) is 4.79 Å². The standard InChI is InChI=1S/C13H20O2/c1-4-13(14)15-11(3)9-12-8-6-5-7-10(12)2/h6,8,11H,4-5,7,9H2,1-3H3. The first-order valence-electron chi connectivity index (χ1n) is 5.68. The summed E-state index contributed by atoms with van der Waals surface area (Å²) in [5, 5.41) is 0. The highest BCUT2D eigenvalue weighted by Gasteiger charge is 2.11. The highest BCUT2D eigenvalue weighted by atomic mass is 16.5. The highest BCUT2D eigenvalue weighted by molar-refractivity contribution is 5.69. The Labute approximate surface area is 92.0 Å². The van der Waals surface area contributed by atoms with Crippen molar-refractivity contribution in [3.63, 3.8) is 0 Å². The van der Waals surface area contributed by atoms with E-state index in [0.717, 1.165) is 19.3 Å². The van der Waals surface area contributed by atoms with E-state index in [1.165, 1.54) is 11.1 Å². The van der Waals surface area contributed by atoms with E-state index in [2.05, 4.69) is 19.1 Å². The summed E-state index contributed by atoms with van der Waals surface area (Å²) in [6.07, 6.45) is 7.92. The third kappa shape index (κ3) is 3.90. The van der Waals surface area contributed by atoms with Gasteiger partial charge in [0.15, 0.2) is 0 Å². The molecule has 2 heteroatoms. The molecule has 1 aliphatic carbocycles. The van der Waals surface area contributed by atoms with Crippen molar-refractivity contribution in [2.45, 2.75) is 52.6 Å². The number of carbonyl (C=O) groups is 1. The first kappa shape index (κ1) is 12.0. The molecule has 0 aromatic heterocycles. The van der Waals surface area contributed by atoms with Gasteiger partial charge in [-0.1, -0.05) is 24.6 Å². The average molecular weight is 208 g/mol. The SMILES string of the molecule is CCC(=O)OC(C)CC1=C(C)CCC=C1. The molecule has 0 N–H and O–H groups in total. The number of allylic oxidation sites excluding steroid dienone is 3. The lowest BCUT2D eigenvalue weighted by Gasteiger charge is -2.17. The lowest BCUT2D eigenvalue weighted by Crippen LogP contribution is -2.15. The summed E-state index contributed by atoms with van der Waals surface area (Å²) in [5.74, 6) is -0.111. The molecule has 1 unspecified atom stereocenters. The molecular weight excluding hydrogens is 188 g/mol. The second kappa shape index (κ2) is 5.74. The molecule has 1 aliphatic rings. The van der Waals surface area contributed by atoms with Crippen LogP contribution in [0.1, 0.15) is 46.5 Å². The maximum Gasteiger partial charge on any atom is 0.305 e. The molecule has 84 valence electrons. The van der Waals surface area contributed by atoms with Gasteiger partial charge in [0.25, 0.3) is 0 Å². The Hall–Kier alpha value is -1.05. The maximum absolute atomic E-state index is 11.1. The summed E-state index contributed by atoms with van der Waals surface area (Å²) in [5.41, 5.74) is 2.76. The zero-order chi connectivity index (χ0) is 11.3. The van der Waals surface area contributed by atoms with Gasteiger partial charge in [-0.15, -0.1) is 0 Å². The molecule has 0 amide bonds. The monoisotopic (exact) mass is 208 g/mol. The fourth-order valence-corrected chi connectivity index (χ4v) is 1.73. The van der Waals surface area contributed by atoms with E-state index in [0.29, 0.717) is 6.42 Å². The van der Waals surface area contributed by atoms with Crippen LogP contribution < -0.4 is 0 Å². The van der Waals surface area contributed by atoms with Gasteiger partial charge in [0, 0.05) is 12.8 Å². The summed E-state index contributed by atoms with van der Waals surface area (Å²) in [6, 6.07) is 0. The Morgan fingerprint density at radius 2 is 2.33 bits per heavy atom. The second-order valence-corrected chi connectivity index (χ2v) is 4.10. The van der Waals surface area contributed by atoms with Crippen molar-refractivity contribution in [2.75, 3.05) is 0 Å². The fraction of sp³-hybridized carbons (Fsp3) is 0.615. The molecule has 0 bridgehead atoms. The first-order chi connectivity index (χ1) is 7.13. The number of ether oxygens (including phenoxy) is 1. The number of hydrogen-bond donors (Lipinski definition) is 0. The first-order valence-corrected chi connectivity index (χ1v) is 5.68. The lowest BCUT2D eigenvalue weighted by molar-refractivity contribution is -0.147. The Kier molecular flexibility index (Phi) is 4.60. The van der Waals surface area contributed by atoms with Crippen LogP contribution in [0, 0.1) is 0 Å². The van der Waals surface area contributed by atoms with E-state index in [4.69, 9.17) is 4.74 Å². The molecule has 2 nitrogen and oxygen atoms in total. The van der Waals surface area contributed by atoms with Gasteiger partial charge in [-0.2, -0.15) is 0 Å². The Bertz CT molecular complexity index is 287. The van der Waals surface area contributed by atoms with Crippen LogP contribution in [0.2, 0.25) is 0 Å². The number of hydrogen-bond acceptors (Lipinski definition) is 2. The Balaban J connectivity index is 2.47. The van der Waals surface area contributed by atoms with Crippen LogP contribution in [-0.4, -0.2) is 12.1 Å². The third-order valence-electron chi connectivity index (χ3n) is 2.68. The van der Waals surface area contributed by atoms with Gasteiger partial charge in [0.1, 0.15) is 6.10 Å². The summed E-state index contributed by atoms with van der Waals surface area (Å²) in [6.45, 7) is 5.93. The van der Waals surface area contributed by atoms with Crippen molar-refractivity contribution in [2.24, 2.45) is 0 Å². The molecule has 0 saturated heterocycles. The average Bonchev–Trinajstić information content (AvgIpc) is 2.21. The van der Waals surface area contributed by atoms with E-state index in [1.807, 2.05) is 13.8 Å². The number of rotatable bonds is 4. The van der Waals surface area contributed by atoms with E-state index in [-0.39, 0.29) is 12.1 Å². The summed E-state index contributed by atoms with van der Waals surface area (Å²) in [4.78, 5) is 11.1. The predicted octanol–water partition coefficient (Wildman–Crippen LogP) is 3.38. The minimum atomic E-state index is -0.111. The number of esters is 1. The van der Waals surface area contributed by atoms with Crippen molar-refractivity contribution in [1.82, 2.24) is 0 Å². The zero-order valence-corrected chi connectivity index (χ0v) is 9.88. The van der Waals surface area contributed by atoms with Crippen LogP contribution in [-0.2, 0) is 9.53 Å². The quantitative estimate of drug-likeness (QED) is 0.662. The molecule has 0 aromatic rings. The summed E-state index contributed by atoms with van der Waals surface area (Å²) >= 11 is 0. The van der Waals surface area contributed by atoms with E-state index in [1.54, 1.807) is 0 Å². The van der Waals surface area contributed by atoms with Crippen LogP contribution in [0.4, 0.5) is 0 Å². The van der Waals surface area contributed by atoms with Crippen molar-refractivity contribution in [3.8, 4) is 0 Å². The molecule has 1 rings (SSSR count). The van der Waals surface area contributed by atoms with Crippen molar-refractivity contribution in [1.29, 1.82) is 0 Å². The van der Waals surface area contributed by atoms with Gasteiger partial charge in [-0.05, 0) is 32.3 Å². The molecule has 0 aliphatic heterocycles. The van der Waals surface area contributed by atoms with Gasteiger partial charge >= 0.3 is 5.97 Å². The second-order valence-electron chi connectivity index (χ2n) is 4.10. The lowest BCUT2D eigenvalue weighted by atomic mass is 9.95. The molecule has 0 aromatic carbocycles. The van der Waals surface area contributed by atoms with Crippen LogP contribution >= 0.6 is 0 Å². The third-order valence-corrected chi connectivity index (χ3v) is 2.68. The molecule has 0 radical (unpaired) electrons. The summed E-state index contributed by atoms with van der Waals surface area (Å²) < 4.78 is 5.24. The predicted molar refractivity (Wildman–Crippen MR) is 61.5 cm³/mol. The topological polar surface area (TPSA) is 26.3 Å². The highest BCUT2D eigenvalue weighted by Crippen LogP contribution is 2.22. The van der Waals surface area contributed by atoms with Crippen molar-refractivity contribution >= 4 is 5.97 Å².